The van der Waals surface area contributed by atoms with E-state index >= 15 is 0 Å². The number of hydrogen-bond donors (Lipinski definition) is 1. The Balaban J connectivity index is 2.14. The molecule has 0 N–H and O–H groups in total. The summed E-state index contributed by atoms with van der Waals surface area (Å²) in [5.74, 6) is 0.456. The number of carbonyl (C=O) groups excluding carboxylic acids is 1. The number of thiol groups is 1. The summed E-state index contributed by atoms with van der Waals surface area (Å²) in [7, 11) is 2.09. The predicted molar refractivity (Wildman–Crippen MR) is 58.7 cm³/mol. The molecule has 1 fully saturated rings. The first kappa shape index (κ1) is 11.8. The molecule has 4 nitrogen and oxygen atoms in total. The van der Waals surface area contributed by atoms with Crippen molar-refractivity contribution in [3.05, 3.63) is 0 Å². The summed E-state index contributed by atoms with van der Waals surface area (Å²) in [6.07, 6.45) is 0. The fourth-order valence-corrected chi connectivity index (χ4v) is 1.48. The van der Waals surface area contributed by atoms with Crippen molar-refractivity contribution in [3.8, 4) is 0 Å². The van der Waals surface area contributed by atoms with Crippen LogP contribution in [0.1, 0.15) is 0 Å². The van der Waals surface area contributed by atoms with Crippen molar-refractivity contribution in [1.82, 2.24) is 9.80 Å². The second-order valence-electron chi connectivity index (χ2n) is 3.52. The van der Waals surface area contributed by atoms with Crippen LogP contribution in [0.5, 0.6) is 0 Å². The molecular weight excluding hydrogens is 200 g/mol. The Morgan fingerprint density at radius 1 is 1.36 bits per heavy atom. The van der Waals surface area contributed by atoms with E-state index in [1.807, 2.05) is 0 Å². The zero-order chi connectivity index (χ0) is 10.4. The molecule has 0 saturated carbocycles. The number of rotatable bonds is 4. The predicted octanol–water partition coefficient (Wildman–Crippen LogP) is -0.293. The van der Waals surface area contributed by atoms with Crippen LogP contribution >= 0.6 is 12.6 Å². The summed E-state index contributed by atoms with van der Waals surface area (Å²) >= 11 is 3.98. The lowest BCUT2D eigenvalue weighted by molar-refractivity contribution is -0.144. The highest BCUT2D eigenvalue weighted by atomic mass is 32.1. The molecule has 0 atom stereocenters. The van der Waals surface area contributed by atoms with E-state index in [0.29, 0.717) is 18.9 Å². The largest absolute Gasteiger partial charge is 0.464 e. The number of esters is 1. The molecule has 1 heterocycles. The molecule has 14 heavy (non-hydrogen) atoms. The lowest BCUT2D eigenvalue weighted by Gasteiger charge is -2.31. The van der Waals surface area contributed by atoms with Crippen LogP contribution in [0.3, 0.4) is 0 Å². The highest BCUT2D eigenvalue weighted by Crippen LogP contribution is 1.98. The van der Waals surface area contributed by atoms with E-state index in [0.717, 1.165) is 26.2 Å². The first-order valence-electron chi connectivity index (χ1n) is 4.90. The second kappa shape index (κ2) is 6.27. The third-order valence-corrected chi connectivity index (χ3v) is 2.49. The molecule has 0 radical (unpaired) electrons. The summed E-state index contributed by atoms with van der Waals surface area (Å²) in [6.45, 7) is 4.79. The van der Waals surface area contributed by atoms with E-state index in [1.165, 1.54) is 0 Å². The van der Waals surface area contributed by atoms with E-state index in [2.05, 4.69) is 29.5 Å². The Kier molecular flexibility index (Phi) is 5.29. The number of hydrogen-bond acceptors (Lipinski definition) is 5. The summed E-state index contributed by atoms with van der Waals surface area (Å²) < 4.78 is 4.95. The zero-order valence-electron chi connectivity index (χ0n) is 8.61. The highest BCUT2D eigenvalue weighted by molar-refractivity contribution is 7.80. The van der Waals surface area contributed by atoms with Crippen LogP contribution in [0.25, 0.3) is 0 Å². The average Bonchev–Trinajstić information content (AvgIpc) is 2.18. The van der Waals surface area contributed by atoms with Crippen molar-refractivity contribution >= 4 is 18.6 Å². The molecule has 82 valence electrons. The fourth-order valence-electron chi connectivity index (χ4n) is 1.39. The minimum atomic E-state index is -0.136. The van der Waals surface area contributed by atoms with Gasteiger partial charge < -0.3 is 9.64 Å². The van der Waals surface area contributed by atoms with Gasteiger partial charge in [-0.2, -0.15) is 12.6 Å². The SMILES string of the molecule is CN1CCN(CC(=O)OCCS)CC1. The molecule has 0 amide bonds. The number of carbonyl (C=O) groups is 1. The molecule has 0 aromatic carbocycles. The standard InChI is InChI=1S/C9H18N2O2S/c1-10-2-4-11(5-3-10)8-9(12)13-6-7-14/h14H,2-8H2,1H3. The molecule has 1 rings (SSSR count). The molecule has 0 unspecified atom stereocenters. The molecule has 1 aliphatic rings. The third kappa shape index (κ3) is 4.30. The molecule has 5 heteroatoms. The van der Waals surface area contributed by atoms with E-state index in [1.54, 1.807) is 0 Å². The van der Waals surface area contributed by atoms with Crippen molar-refractivity contribution in [2.45, 2.75) is 0 Å². The van der Waals surface area contributed by atoms with Crippen LogP contribution in [-0.2, 0) is 9.53 Å². The van der Waals surface area contributed by atoms with Crippen molar-refractivity contribution < 1.29 is 9.53 Å². The number of piperazine rings is 1. The average molecular weight is 218 g/mol. The Labute approximate surface area is 90.6 Å². The van der Waals surface area contributed by atoms with Gasteiger partial charge in [-0.25, -0.2) is 0 Å². The Morgan fingerprint density at radius 3 is 2.57 bits per heavy atom. The van der Waals surface area contributed by atoms with Gasteiger partial charge in [-0.15, -0.1) is 0 Å². The monoisotopic (exact) mass is 218 g/mol. The quantitative estimate of drug-likeness (QED) is 0.519. The van der Waals surface area contributed by atoms with E-state index < -0.39 is 0 Å². The Hall–Kier alpha value is -0.260. The number of ether oxygens (including phenoxy) is 1. The van der Waals surface area contributed by atoms with Gasteiger partial charge in [0.05, 0.1) is 6.54 Å². The molecule has 0 aliphatic carbocycles. The summed E-state index contributed by atoms with van der Waals surface area (Å²) in [5.41, 5.74) is 0. The molecule has 0 spiro atoms. The smallest absolute Gasteiger partial charge is 0.320 e. The number of nitrogens with zero attached hydrogens (tertiary/aromatic N) is 2. The summed E-state index contributed by atoms with van der Waals surface area (Å²) in [5, 5.41) is 0. The Morgan fingerprint density at radius 2 is 2.00 bits per heavy atom. The molecule has 1 aliphatic heterocycles. The first-order valence-corrected chi connectivity index (χ1v) is 5.53. The zero-order valence-corrected chi connectivity index (χ0v) is 9.50. The Bertz CT molecular complexity index is 182. The van der Waals surface area contributed by atoms with Crippen molar-refractivity contribution in [3.63, 3.8) is 0 Å². The molecule has 0 aromatic rings. The molecular formula is C9H18N2O2S. The first-order chi connectivity index (χ1) is 6.72. The maximum absolute atomic E-state index is 11.2. The highest BCUT2D eigenvalue weighted by Gasteiger charge is 2.16. The molecule has 0 bridgehead atoms. The van der Waals surface area contributed by atoms with Gasteiger partial charge in [-0.1, -0.05) is 0 Å². The lowest BCUT2D eigenvalue weighted by atomic mass is 10.3. The van der Waals surface area contributed by atoms with Gasteiger partial charge in [0.2, 0.25) is 0 Å². The maximum Gasteiger partial charge on any atom is 0.320 e. The van der Waals surface area contributed by atoms with Gasteiger partial charge in [0.25, 0.3) is 0 Å². The fraction of sp³-hybridized carbons (Fsp3) is 0.889. The van der Waals surface area contributed by atoms with Crippen LogP contribution in [0.15, 0.2) is 0 Å². The number of likely N-dealkylation sites (N-methyl/N-ethyl adjacent to an activating group) is 1. The molecule has 1 saturated heterocycles. The summed E-state index contributed by atoms with van der Waals surface area (Å²) in [6, 6.07) is 0. The topological polar surface area (TPSA) is 32.8 Å². The van der Waals surface area contributed by atoms with Crippen LogP contribution in [0.4, 0.5) is 0 Å². The maximum atomic E-state index is 11.2. The minimum Gasteiger partial charge on any atom is -0.464 e. The normalized spacial score (nSPS) is 19.6. The summed E-state index contributed by atoms with van der Waals surface area (Å²) in [4.78, 5) is 15.6. The lowest BCUT2D eigenvalue weighted by Crippen LogP contribution is -2.46. The van der Waals surface area contributed by atoms with Crippen molar-refractivity contribution in [1.29, 1.82) is 0 Å². The van der Waals surface area contributed by atoms with Crippen LogP contribution in [0, 0.1) is 0 Å². The van der Waals surface area contributed by atoms with E-state index in [9.17, 15) is 4.79 Å². The van der Waals surface area contributed by atoms with Gasteiger partial charge in [-0.05, 0) is 7.05 Å². The van der Waals surface area contributed by atoms with E-state index in [4.69, 9.17) is 4.74 Å². The van der Waals surface area contributed by atoms with E-state index in [-0.39, 0.29) is 5.97 Å². The van der Waals surface area contributed by atoms with Crippen LogP contribution in [0.2, 0.25) is 0 Å². The minimum absolute atomic E-state index is 0.136. The molecule has 0 aromatic heterocycles. The van der Waals surface area contributed by atoms with Crippen LogP contribution in [-0.4, -0.2) is 67.9 Å². The van der Waals surface area contributed by atoms with Gasteiger partial charge in [0.15, 0.2) is 0 Å². The van der Waals surface area contributed by atoms with Gasteiger partial charge in [0.1, 0.15) is 6.61 Å². The van der Waals surface area contributed by atoms with Gasteiger partial charge in [-0.3, -0.25) is 9.69 Å². The van der Waals surface area contributed by atoms with Crippen molar-refractivity contribution in [2.75, 3.05) is 52.1 Å². The van der Waals surface area contributed by atoms with Crippen molar-refractivity contribution in [2.24, 2.45) is 0 Å². The second-order valence-corrected chi connectivity index (χ2v) is 3.97. The third-order valence-electron chi connectivity index (χ3n) is 2.30. The van der Waals surface area contributed by atoms with Crippen LogP contribution < -0.4 is 0 Å². The van der Waals surface area contributed by atoms with Gasteiger partial charge in [0, 0.05) is 31.9 Å². The van der Waals surface area contributed by atoms with Gasteiger partial charge >= 0.3 is 5.97 Å².